The Bertz CT molecular complexity index is 1090. The highest BCUT2D eigenvalue weighted by Crippen LogP contribution is 2.33. The molecule has 36 heavy (non-hydrogen) atoms. The SMILES string of the molecule is O=C(Nc1nccs1)[C@H](CC1CCCCC1)N1CCN(C(=O)Nc2ccc3c(c2)OCCO3)CC1=O. The van der Waals surface area contributed by atoms with E-state index < -0.39 is 6.04 Å². The van der Waals surface area contributed by atoms with Crippen molar-refractivity contribution in [2.24, 2.45) is 5.92 Å². The van der Waals surface area contributed by atoms with Crippen LogP contribution in [0.25, 0.3) is 0 Å². The highest BCUT2D eigenvalue weighted by atomic mass is 32.1. The van der Waals surface area contributed by atoms with Gasteiger partial charge in [-0.2, -0.15) is 0 Å². The lowest BCUT2D eigenvalue weighted by Crippen LogP contribution is -2.59. The standard InChI is InChI=1S/C25H31N5O5S/c31-22-16-29(25(33)27-18-6-7-20-21(15-18)35-12-11-34-20)9-10-30(22)19(14-17-4-2-1-3-5-17)23(32)28-24-26-8-13-36-24/h6-8,13,15,17,19H,1-5,9-12,14,16H2,(H,27,33)(H,26,28,32)/t19-/m0/s1. The minimum atomic E-state index is -0.576. The van der Waals surface area contributed by atoms with E-state index in [1.165, 1.54) is 22.7 Å². The molecule has 2 aliphatic heterocycles. The van der Waals surface area contributed by atoms with Crippen molar-refractivity contribution in [3.8, 4) is 11.5 Å². The van der Waals surface area contributed by atoms with Crippen molar-refractivity contribution in [2.75, 3.05) is 43.5 Å². The third-order valence-electron chi connectivity index (χ3n) is 6.96. The lowest BCUT2D eigenvalue weighted by atomic mass is 9.84. The first-order valence-electron chi connectivity index (χ1n) is 12.5. The number of hydrogen-bond acceptors (Lipinski definition) is 7. The Hall–Kier alpha value is -3.34. The normalized spacial score (nSPS) is 19.1. The number of piperazine rings is 1. The second kappa shape index (κ2) is 11.2. The molecule has 11 heteroatoms. The molecule has 3 aliphatic rings. The summed E-state index contributed by atoms with van der Waals surface area (Å²) in [6, 6.07) is 4.27. The second-order valence-electron chi connectivity index (χ2n) is 9.38. The Morgan fingerprint density at radius 2 is 1.89 bits per heavy atom. The molecule has 3 heterocycles. The summed E-state index contributed by atoms with van der Waals surface area (Å²) in [6.07, 6.45) is 7.97. The summed E-state index contributed by atoms with van der Waals surface area (Å²) in [4.78, 5) is 46.7. The number of thiazole rings is 1. The Labute approximate surface area is 214 Å². The summed E-state index contributed by atoms with van der Waals surface area (Å²) in [5.74, 6) is 1.20. The van der Waals surface area contributed by atoms with Gasteiger partial charge in [-0.25, -0.2) is 9.78 Å². The van der Waals surface area contributed by atoms with Gasteiger partial charge in [-0.1, -0.05) is 32.1 Å². The van der Waals surface area contributed by atoms with Gasteiger partial charge in [0, 0.05) is 36.4 Å². The minimum Gasteiger partial charge on any atom is -0.486 e. The average molecular weight is 514 g/mol. The molecule has 2 N–H and O–H groups in total. The molecule has 192 valence electrons. The summed E-state index contributed by atoms with van der Waals surface area (Å²) in [7, 11) is 0. The van der Waals surface area contributed by atoms with Gasteiger partial charge in [0.2, 0.25) is 11.8 Å². The molecule has 1 atom stereocenters. The average Bonchev–Trinajstić information content (AvgIpc) is 3.41. The van der Waals surface area contributed by atoms with Gasteiger partial charge in [-0.15, -0.1) is 11.3 Å². The molecule has 0 unspecified atom stereocenters. The van der Waals surface area contributed by atoms with Crippen LogP contribution in [0.15, 0.2) is 29.8 Å². The van der Waals surface area contributed by atoms with Gasteiger partial charge >= 0.3 is 6.03 Å². The molecular formula is C25H31N5O5S. The topological polar surface area (TPSA) is 113 Å². The van der Waals surface area contributed by atoms with E-state index in [4.69, 9.17) is 9.47 Å². The van der Waals surface area contributed by atoms with Crippen molar-refractivity contribution in [1.82, 2.24) is 14.8 Å². The van der Waals surface area contributed by atoms with E-state index >= 15 is 0 Å². The van der Waals surface area contributed by atoms with Crippen LogP contribution in [-0.4, -0.2) is 71.5 Å². The number of anilines is 2. The number of nitrogens with one attached hydrogen (secondary N) is 2. The molecular weight excluding hydrogens is 482 g/mol. The molecule has 0 bridgehead atoms. The maximum absolute atomic E-state index is 13.2. The van der Waals surface area contributed by atoms with Crippen LogP contribution in [0.5, 0.6) is 11.5 Å². The first kappa shape index (κ1) is 24.4. The quantitative estimate of drug-likeness (QED) is 0.611. The van der Waals surface area contributed by atoms with Crippen LogP contribution in [0.3, 0.4) is 0 Å². The molecule has 1 aromatic carbocycles. The van der Waals surface area contributed by atoms with E-state index in [-0.39, 0.29) is 24.4 Å². The summed E-state index contributed by atoms with van der Waals surface area (Å²) in [5, 5.41) is 8.05. The number of amides is 4. The van der Waals surface area contributed by atoms with Crippen LogP contribution >= 0.6 is 11.3 Å². The number of hydrogen-bond donors (Lipinski definition) is 2. The number of urea groups is 1. The predicted octanol–water partition coefficient (Wildman–Crippen LogP) is 3.57. The molecule has 2 fully saturated rings. The van der Waals surface area contributed by atoms with Crippen molar-refractivity contribution in [3.05, 3.63) is 29.8 Å². The first-order chi connectivity index (χ1) is 17.6. The third kappa shape index (κ3) is 5.72. The van der Waals surface area contributed by atoms with Gasteiger partial charge in [0.25, 0.3) is 0 Å². The largest absolute Gasteiger partial charge is 0.486 e. The molecule has 4 amide bonds. The smallest absolute Gasteiger partial charge is 0.322 e. The summed E-state index contributed by atoms with van der Waals surface area (Å²) >= 11 is 1.35. The van der Waals surface area contributed by atoms with E-state index in [0.29, 0.717) is 61.0 Å². The molecule has 2 aromatic rings. The number of carbonyl (C=O) groups is 3. The number of aromatic nitrogens is 1. The lowest BCUT2D eigenvalue weighted by molar-refractivity contribution is -0.142. The number of ether oxygens (including phenoxy) is 2. The minimum absolute atomic E-state index is 0.0813. The van der Waals surface area contributed by atoms with Crippen LogP contribution in [0.4, 0.5) is 15.6 Å². The number of rotatable bonds is 6. The van der Waals surface area contributed by atoms with Gasteiger partial charge < -0.3 is 29.9 Å². The van der Waals surface area contributed by atoms with Crippen molar-refractivity contribution in [1.29, 1.82) is 0 Å². The zero-order valence-corrected chi connectivity index (χ0v) is 20.9. The van der Waals surface area contributed by atoms with Crippen LogP contribution in [0.2, 0.25) is 0 Å². The van der Waals surface area contributed by atoms with E-state index in [0.717, 1.165) is 25.7 Å². The molecule has 1 aliphatic carbocycles. The van der Waals surface area contributed by atoms with Gasteiger partial charge in [-0.05, 0) is 24.5 Å². The first-order valence-corrected chi connectivity index (χ1v) is 13.4. The second-order valence-corrected chi connectivity index (χ2v) is 10.3. The Balaban J connectivity index is 1.23. The summed E-state index contributed by atoms with van der Waals surface area (Å²) < 4.78 is 11.1. The van der Waals surface area contributed by atoms with Crippen molar-refractivity contribution in [3.63, 3.8) is 0 Å². The molecule has 5 rings (SSSR count). The van der Waals surface area contributed by atoms with Crippen molar-refractivity contribution < 1.29 is 23.9 Å². The van der Waals surface area contributed by atoms with E-state index in [9.17, 15) is 14.4 Å². The van der Waals surface area contributed by atoms with Crippen LogP contribution in [0.1, 0.15) is 38.5 Å². The van der Waals surface area contributed by atoms with Gasteiger partial charge in [-0.3, -0.25) is 9.59 Å². The Kier molecular flexibility index (Phi) is 7.55. The number of benzene rings is 1. The summed E-state index contributed by atoms with van der Waals surface area (Å²) in [5.41, 5.74) is 0.567. The fourth-order valence-electron chi connectivity index (χ4n) is 5.10. The highest BCUT2D eigenvalue weighted by Gasteiger charge is 2.37. The van der Waals surface area contributed by atoms with Gasteiger partial charge in [0.05, 0.1) is 0 Å². The zero-order valence-electron chi connectivity index (χ0n) is 20.1. The Morgan fingerprint density at radius 1 is 1.08 bits per heavy atom. The molecule has 1 saturated heterocycles. The maximum Gasteiger partial charge on any atom is 0.322 e. The van der Waals surface area contributed by atoms with Crippen LogP contribution in [-0.2, 0) is 9.59 Å². The number of fused-ring (bicyclic) bond motifs is 1. The molecule has 1 saturated carbocycles. The van der Waals surface area contributed by atoms with Gasteiger partial charge in [0.15, 0.2) is 16.6 Å². The van der Waals surface area contributed by atoms with Crippen molar-refractivity contribution >= 4 is 40.0 Å². The van der Waals surface area contributed by atoms with E-state index in [1.807, 2.05) is 0 Å². The number of nitrogens with zero attached hydrogens (tertiary/aromatic N) is 3. The van der Waals surface area contributed by atoms with E-state index in [1.54, 1.807) is 34.7 Å². The fraction of sp³-hybridized carbons (Fsp3) is 0.520. The third-order valence-corrected chi connectivity index (χ3v) is 7.65. The molecule has 1 aromatic heterocycles. The van der Waals surface area contributed by atoms with Crippen molar-refractivity contribution in [2.45, 2.75) is 44.6 Å². The van der Waals surface area contributed by atoms with E-state index in [2.05, 4.69) is 15.6 Å². The molecule has 10 nitrogen and oxygen atoms in total. The summed E-state index contributed by atoms with van der Waals surface area (Å²) in [6.45, 7) is 1.51. The van der Waals surface area contributed by atoms with Crippen LogP contribution in [0, 0.1) is 5.92 Å². The maximum atomic E-state index is 13.2. The molecule has 0 radical (unpaired) electrons. The highest BCUT2D eigenvalue weighted by molar-refractivity contribution is 7.13. The predicted molar refractivity (Wildman–Crippen MR) is 135 cm³/mol. The zero-order chi connectivity index (χ0) is 24.9. The molecule has 0 spiro atoms. The lowest BCUT2D eigenvalue weighted by Gasteiger charge is -2.39. The van der Waals surface area contributed by atoms with Gasteiger partial charge in [0.1, 0.15) is 25.8 Å². The Morgan fingerprint density at radius 3 is 2.64 bits per heavy atom. The number of carbonyl (C=O) groups excluding carboxylic acids is 3. The fourth-order valence-corrected chi connectivity index (χ4v) is 5.63. The van der Waals surface area contributed by atoms with Crippen LogP contribution < -0.4 is 20.1 Å². The monoisotopic (exact) mass is 513 g/mol.